The van der Waals surface area contributed by atoms with Gasteiger partial charge in [0.05, 0.1) is 6.04 Å². The average molecular weight is 380 g/mol. The van der Waals surface area contributed by atoms with Crippen LogP contribution >= 0.6 is 11.6 Å². The summed E-state index contributed by atoms with van der Waals surface area (Å²) in [5.74, 6) is -0.161. The van der Waals surface area contributed by atoms with Crippen molar-refractivity contribution < 1.29 is 9.63 Å². The molecule has 3 atom stereocenters. The maximum atomic E-state index is 13.0. The number of carbonyl (C=O) groups is 1. The molecule has 3 heterocycles. The maximum absolute atomic E-state index is 13.0. The Balaban J connectivity index is 1.41. The maximum Gasteiger partial charge on any atom is 0.295 e. The van der Waals surface area contributed by atoms with E-state index in [0.29, 0.717) is 17.4 Å². The number of nitrogens with one attached hydrogen (secondary N) is 1. The second-order valence-corrected chi connectivity index (χ2v) is 7.30. The molecule has 1 saturated heterocycles. The van der Waals surface area contributed by atoms with E-state index in [2.05, 4.69) is 16.0 Å². The molecule has 6 heteroatoms. The zero-order valence-electron chi connectivity index (χ0n) is 14.5. The molecule has 0 aliphatic carbocycles. The summed E-state index contributed by atoms with van der Waals surface area (Å²) in [6, 6.07) is 17.6. The summed E-state index contributed by atoms with van der Waals surface area (Å²) >= 11 is 6.02. The lowest BCUT2D eigenvalue weighted by molar-refractivity contribution is -0.232. The molecule has 5 rings (SSSR count). The third-order valence-electron chi connectivity index (χ3n) is 5.13. The van der Waals surface area contributed by atoms with Gasteiger partial charge in [-0.05, 0) is 29.8 Å². The zero-order valence-corrected chi connectivity index (χ0v) is 15.3. The number of hydroxylamine groups is 2. The number of para-hydroxylation sites is 1. The highest BCUT2D eigenvalue weighted by molar-refractivity contribution is 6.30. The quantitative estimate of drug-likeness (QED) is 0.680. The second-order valence-electron chi connectivity index (χ2n) is 6.86. The van der Waals surface area contributed by atoms with Crippen molar-refractivity contribution in [3.63, 3.8) is 0 Å². The number of H-pyrrole nitrogens is 1. The Morgan fingerprint density at radius 2 is 1.96 bits per heavy atom. The fourth-order valence-electron chi connectivity index (χ4n) is 3.84. The highest BCUT2D eigenvalue weighted by atomic mass is 35.5. The van der Waals surface area contributed by atoms with Crippen molar-refractivity contribution >= 4 is 28.4 Å². The van der Waals surface area contributed by atoms with Gasteiger partial charge in [-0.2, -0.15) is 0 Å². The number of aromatic amines is 1. The van der Waals surface area contributed by atoms with E-state index >= 15 is 0 Å². The van der Waals surface area contributed by atoms with Gasteiger partial charge in [-0.25, -0.2) is 5.06 Å². The largest absolute Gasteiger partial charge is 0.350 e. The van der Waals surface area contributed by atoms with Crippen LogP contribution in [0.5, 0.6) is 0 Å². The van der Waals surface area contributed by atoms with Gasteiger partial charge in [0.15, 0.2) is 0 Å². The molecule has 3 unspecified atom stereocenters. The van der Waals surface area contributed by atoms with Crippen molar-refractivity contribution in [3.8, 4) is 0 Å². The molecule has 5 nitrogen and oxygen atoms in total. The first-order chi connectivity index (χ1) is 13.2. The SMILES string of the molecule is O=C(c1cc2ccccc2[nH]1)N1CN2CC=CC(O1)C2c1ccc(Cl)cc1. The molecule has 27 heavy (non-hydrogen) atoms. The Kier molecular flexibility index (Phi) is 4.01. The lowest BCUT2D eigenvalue weighted by Crippen LogP contribution is -2.55. The van der Waals surface area contributed by atoms with Crippen LogP contribution in [-0.4, -0.2) is 40.2 Å². The van der Waals surface area contributed by atoms with Crippen molar-refractivity contribution in [1.29, 1.82) is 0 Å². The van der Waals surface area contributed by atoms with Crippen LogP contribution in [-0.2, 0) is 4.84 Å². The van der Waals surface area contributed by atoms with Gasteiger partial charge in [-0.3, -0.25) is 14.5 Å². The van der Waals surface area contributed by atoms with Gasteiger partial charge in [0, 0.05) is 22.5 Å². The average Bonchev–Trinajstić information content (AvgIpc) is 3.11. The van der Waals surface area contributed by atoms with Crippen molar-refractivity contribution in [2.75, 3.05) is 13.2 Å². The van der Waals surface area contributed by atoms with E-state index in [-0.39, 0.29) is 18.1 Å². The van der Waals surface area contributed by atoms with E-state index in [0.717, 1.165) is 23.0 Å². The normalized spacial score (nSPS) is 24.3. The Bertz CT molecular complexity index is 994. The minimum absolute atomic E-state index is 0.0685. The number of amides is 1. The molecule has 0 spiro atoms. The fraction of sp³-hybridized carbons (Fsp3) is 0.190. The van der Waals surface area contributed by atoms with Crippen LogP contribution in [0, 0.1) is 0 Å². The smallest absolute Gasteiger partial charge is 0.295 e. The second kappa shape index (κ2) is 6.53. The van der Waals surface area contributed by atoms with E-state index < -0.39 is 0 Å². The summed E-state index contributed by atoms with van der Waals surface area (Å²) in [4.78, 5) is 24.5. The van der Waals surface area contributed by atoms with Crippen LogP contribution in [0.15, 0.2) is 66.7 Å². The molecular formula is C21H18ClN3O2. The Morgan fingerprint density at radius 3 is 2.74 bits per heavy atom. The van der Waals surface area contributed by atoms with E-state index in [1.807, 2.05) is 60.7 Å². The first-order valence-corrected chi connectivity index (χ1v) is 9.29. The molecule has 0 saturated carbocycles. The van der Waals surface area contributed by atoms with Crippen molar-refractivity contribution in [3.05, 3.63) is 83.0 Å². The molecule has 1 amide bonds. The summed E-state index contributed by atoms with van der Waals surface area (Å²) in [5, 5.41) is 3.17. The summed E-state index contributed by atoms with van der Waals surface area (Å²) in [7, 11) is 0. The minimum Gasteiger partial charge on any atom is -0.350 e. The number of aromatic nitrogens is 1. The molecule has 1 N–H and O–H groups in total. The Hall–Kier alpha value is -2.60. The predicted molar refractivity (Wildman–Crippen MR) is 104 cm³/mol. The molecule has 0 radical (unpaired) electrons. The molecule has 3 aromatic rings. The fourth-order valence-corrected chi connectivity index (χ4v) is 3.96. The van der Waals surface area contributed by atoms with Crippen molar-refractivity contribution in [1.82, 2.24) is 14.9 Å². The van der Waals surface area contributed by atoms with E-state index in [1.54, 1.807) is 0 Å². The minimum atomic E-state index is -0.220. The van der Waals surface area contributed by atoms with Crippen LogP contribution in [0.2, 0.25) is 5.02 Å². The molecule has 1 aromatic heterocycles. The van der Waals surface area contributed by atoms with Gasteiger partial charge in [0.25, 0.3) is 5.91 Å². The highest BCUT2D eigenvalue weighted by Crippen LogP contribution is 2.35. The van der Waals surface area contributed by atoms with Gasteiger partial charge < -0.3 is 4.98 Å². The number of fused-ring (bicyclic) bond motifs is 3. The topological polar surface area (TPSA) is 48.6 Å². The van der Waals surface area contributed by atoms with Crippen LogP contribution in [0.4, 0.5) is 0 Å². The van der Waals surface area contributed by atoms with E-state index in [9.17, 15) is 4.79 Å². The number of carbonyl (C=O) groups excluding carboxylic acids is 1. The summed E-state index contributed by atoms with van der Waals surface area (Å²) in [6.07, 6.45) is 3.89. The highest BCUT2D eigenvalue weighted by Gasteiger charge is 2.39. The summed E-state index contributed by atoms with van der Waals surface area (Å²) in [6.45, 7) is 1.17. The number of rotatable bonds is 2. The third kappa shape index (κ3) is 2.94. The summed E-state index contributed by atoms with van der Waals surface area (Å²) in [5.41, 5.74) is 2.60. The number of benzene rings is 2. The van der Waals surface area contributed by atoms with Gasteiger partial charge in [-0.1, -0.05) is 54.1 Å². The monoisotopic (exact) mass is 379 g/mol. The van der Waals surface area contributed by atoms with Crippen LogP contribution in [0.25, 0.3) is 10.9 Å². The number of hydrogen-bond acceptors (Lipinski definition) is 3. The van der Waals surface area contributed by atoms with Gasteiger partial charge in [0.1, 0.15) is 18.5 Å². The molecular weight excluding hydrogens is 362 g/mol. The predicted octanol–water partition coefficient (Wildman–Crippen LogP) is 4.15. The number of hydrogen-bond donors (Lipinski definition) is 1. The number of nitrogens with zero attached hydrogens (tertiary/aromatic N) is 2. The van der Waals surface area contributed by atoms with Crippen LogP contribution in [0.3, 0.4) is 0 Å². The van der Waals surface area contributed by atoms with E-state index in [1.165, 1.54) is 5.06 Å². The zero-order chi connectivity index (χ0) is 18.4. The molecule has 1 fully saturated rings. The lowest BCUT2D eigenvalue weighted by Gasteiger charge is -2.46. The summed E-state index contributed by atoms with van der Waals surface area (Å²) < 4.78 is 0. The first-order valence-electron chi connectivity index (χ1n) is 8.91. The van der Waals surface area contributed by atoms with E-state index in [4.69, 9.17) is 16.4 Å². The molecule has 2 aliphatic heterocycles. The Morgan fingerprint density at radius 1 is 1.15 bits per heavy atom. The molecule has 2 aliphatic rings. The van der Waals surface area contributed by atoms with Crippen LogP contribution in [0.1, 0.15) is 22.1 Å². The van der Waals surface area contributed by atoms with Crippen molar-refractivity contribution in [2.24, 2.45) is 0 Å². The number of halogens is 1. The van der Waals surface area contributed by atoms with Gasteiger partial charge in [0.2, 0.25) is 0 Å². The Labute approximate surface area is 161 Å². The van der Waals surface area contributed by atoms with Gasteiger partial charge in [-0.15, -0.1) is 0 Å². The third-order valence-corrected chi connectivity index (χ3v) is 5.38. The van der Waals surface area contributed by atoms with Crippen molar-refractivity contribution in [2.45, 2.75) is 12.1 Å². The lowest BCUT2D eigenvalue weighted by atomic mass is 9.96. The molecule has 136 valence electrons. The molecule has 2 bridgehead atoms. The first kappa shape index (κ1) is 16.6. The van der Waals surface area contributed by atoms with Gasteiger partial charge >= 0.3 is 0 Å². The molecule has 2 aromatic carbocycles. The standard InChI is InChI=1S/C21H18ClN3O2/c22-16-9-7-14(8-10-16)20-19-6-3-11-24(20)13-25(27-19)21(26)18-12-15-4-1-2-5-17(15)23-18/h1-10,12,19-20,23H,11,13H2. The van der Waals surface area contributed by atoms with Crippen LogP contribution < -0.4 is 0 Å².